The van der Waals surface area contributed by atoms with Crippen LogP contribution < -0.4 is 5.32 Å². The van der Waals surface area contributed by atoms with Gasteiger partial charge in [-0.1, -0.05) is 29.8 Å². The summed E-state index contributed by atoms with van der Waals surface area (Å²) in [5, 5.41) is 11.7. The van der Waals surface area contributed by atoms with Crippen LogP contribution in [0.15, 0.2) is 46.9 Å². The van der Waals surface area contributed by atoms with Crippen LogP contribution in [0.2, 0.25) is 0 Å². The number of carbonyl (C=O) groups excluding carboxylic acids is 1. The molecule has 0 unspecified atom stereocenters. The Morgan fingerprint density at radius 2 is 1.90 bits per heavy atom. The van der Waals surface area contributed by atoms with Gasteiger partial charge in [0.1, 0.15) is 0 Å². The Hall–Kier alpha value is -2.14. The SMILES string of the molecule is Cc1ccc(Br)c(C(=O)Nc2ccccc2CC(=O)O)c1. The number of benzene rings is 2. The average Bonchev–Trinajstić information content (AvgIpc) is 2.43. The first-order chi connectivity index (χ1) is 9.97. The van der Waals surface area contributed by atoms with E-state index in [1.54, 1.807) is 30.3 Å². The fraction of sp³-hybridized carbons (Fsp3) is 0.125. The molecule has 108 valence electrons. The summed E-state index contributed by atoms with van der Waals surface area (Å²) in [6.45, 7) is 1.90. The Bertz CT molecular complexity index is 698. The molecular formula is C16H14BrNO3. The van der Waals surface area contributed by atoms with Gasteiger partial charge in [0.05, 0.1) is 12.0 Å². The molecule has 0 fully saturated rings. The Labute approximate surface area is 130 Å². The van der Waals surface area contributed by atoms with E-state index in [-0.39, 0.29) is 12.3 Å². The van der Waals surface area contributed by atoms with Crippen LogP contribution in [0.3, 0.4) is 0 Å². The van der Waals surface area contributed by atoms with Crippen molar-refractivity contribution < 1.29 is 14.7 Å². The van der Waals surface area contributed by atoms with Crippen molar-refractivity contribution >= 4 is 33.5 Å². The number of amides is 1. The fourth-order valence-corrected chi connectivity index (χ4v) is 2.39. The number of halogens is 1. The van der Waals surface area contributed by atoms with Crippen LogP contribution in [0.5, 0.6) is 0 Å². The van der Waals surface area contributed by atoms with Crippen LogP contribution in [0, 0.1) is 6.92 Å². The highest BCUT2D eigenvalue weighted by Gasteiger charge is 2.13. The molecule has 0 aromatic heterocycles. The molecule has 0 heterocycles. The molecule has 0 aliphatic carbocycles. The topological polar surface area (TPSA) is 66.4 Å². The quantitative estimate of drug-likeness (QED) is 0.887. The lowest BCUT2D eigenvalue weighted by Gasteiger charge is -2.11. The molecule has 0 aliphatic rings. The number of aryl methyl sites for hydroxylation is 1. The number of anilines is 1. The Morgan fingerprint density at radius 3 is 2.62 bits per heavy atom. The summed E-state index contributed by atoms with van der Waals surface area (Å²) >= 11 is 3.35. The van der Waals surface area contributed by atoms with Crippen molar-refractivity contribution in [1.82, 2.24) is 0 Å². The van der Waals surface area contributed by atoms with Crippen molar-refractivity contribution in [3.8, 4) is 0 Å². The van der Waals surface area contributed by atoms with E-state index in [4.69, 9.17) is 5.11 Å². The van der Waals surface area contributed by atoms with Gasteiger partial charge in [-0.25, -0.2) is 0 Å². The molecule has 0 aliphatic heterocycles. The highest BCUT2D eigenvalue weighted by molar-refractivity contribution is 9.10. The summed E-state index contributed by atoms with van der Waals surface area (Å²) in [7, 11) is 0. The van der Waals surface area contributed by atoms with Crippen molar-refractivity contribution in [2.24, 2.45) is 0 Å². The van der Waals surface area contributed by atoms with Crippen LogP contribution in [0.1, 0.15) is 21.5 Å². The predicted molar refractivity (Wildman–Crippen MR) is 84.6 cm³/mol. The van der Waals surface area contributed by atoms with Crippen molar-refractivity contribution in [1.29, 1.82) is 0 Å². The Balaban J connectivity index is 2.27. The zero-order valence-electron chi connectivity index (χ0n) is 11.4. The van der Waals surface area contributed by atoms with E-state index in [0.717, 1.165) is 5.56 Å². The minimum atomic E-state index is -0.937. The molecule has 5 heteroatoms. The van der Waals surface area contributed by atoms with Gasteiger partial charge in [0.2, 0.25) is 0 Å². The molecule has 4 nitrogen and oxygen atoms in total. The number of para-hydroxylation sites is 1. The first-order valence-corrected chi connectivity index (χ1v) is 7.14. The molecule has 0 bridgehead atoms. The third-order valence-corrected chi connectivity index (χ3v) is 3.67. The van der Waals surface area contributed by atoms with E-state index in [1.165, 1.54) is 0 Å². The monoisotopic (exact) mass is 347 g/mol. The van der Waals surface area contributed by atoms with Crippen molar-refractivity contribution in [2.75, 3.05) is 5.32 Å². The number of nitrogens with one attached hydrogen (secondary N) is 1. The maximum absolute atomic E-state index is 12.3. The average molecular weight is 348 g/mol. The standard InChI is InChI=1S/C16H14BrNO3/c1-10-6-7-13(17)12(8-10)16(21)18-14-5-3-2-4-11(14)9-15(19)20/h2-8H,9H2,1H3,(H,18,21)(H,19,20). The van der Waals surface area contributed by atoms with Crippen LogP contribution in [0.4, 0.5) is 5.69 Å². The molecule has 0 saturated carbocycles. The second kappa shape index (κ2) is 6.54. The van der Waals surface area contributed by atoms with Crippen molar-refractivity contribution in [2.45, 2.75) is 13.3 Å². The van der Waals surface area contributed by atoms with E-state index in [0.29, 0.717) is 21.3 Å². The van der Waals surface area contributed by atoms with Crippen LogP contribution in [0.25, 0.3) is 0 Å². The number of hydrogen-bond acceptors (Lipinski definition) is 2. The Kier molecular flexibility index (Phi) is 4.75. The van der Waals surface area contributed by atoms with Gasteiger partial charge < -0.3 is 10.4 Å². The van der Waals surface area contributed by atoms with Gasteiger partial charge in [-0.3, -0.25) is 9.59 Å². The second-order valence-electron chi connectivity index (χ2n) is 4.67. The molecule has 2 N–H and O–H groups in total. The highest BCUT2D eigenvalue weighted by atomic mass is 79.9. The molecule has 1 amide bonds. The van der Waals surface area contributed by atoms with Crippen LogP contribution in [-0.4, -0.2) is 17.0 Å². The van der Waals surface area contributed by atoms with E-state index >= 15 is 0 Å². The zero-order valence-corrected chi connectivity index (χ0v) is 13.0. The molecular weight excluding hydrogens is 334 g/mol. The number of hydrogen-bond donors (Lipinski definition) is 2. The third-order valence-electron chi connectivity index (χ3n) is 2.97. The maximum atomic E-state index is 12.3. The van der Waals surface area contributed by atoms with E-state index in [2.05, 4.69) is 21.2 Å². The van der Waals surface area contributed by atoms with E-state index < -0.39 is 5.97 Å². The fourth-order valence-electron chi connectivity index (χ4n) is 1.96. The largest absolute Gasteiger partial charge is 0.481 e. The van der Waals surface area contributed by atoms with Gasteiger partial charge in [0.25, 0.3) is 5.91 Å². The number of carboxylic acid groups (broad SMARTS) is 1. The first kappa shape index (κ1) is 15.3. The van der Waals surface area contributed by atoms with Crippen molar-refractivity contribution in [3.63, 3.8) is 0 Å². The molecule has 0 spiro atoms. The number of aliphatic carboxylic acids is 1. The van der Waals surface area contributed by atoms with Gasteiger partial charge in [-0.2, -0.15) is 0 Å². The predicted octanol–water partition coefficient (Wildman–Crippen LogP) is 3.64. The van der Waals surface area contributed by atoms with E-state index in [9.17, 15) is 9.59 Å². The number of rotatable bonds is 4. The normalized spacial score (nSPS) is 10.2. The minimum absolute atomic E-state index is 0.133. The number of carboxylic acids is 1. The summed E-state index contributed by atoms with van der Waals surface area (Å²) in [5.41, 5.74) is 2.57. The second-order valence-corrected chi connectivity index (χ2v) is 5.52. The first-order valence-electron chi connectivity index (χ1n) is 6.34. The molecule has 0 atom stereocenters. The summed E-state index contributed by atoms with van der Waals surface area (Å²) < 4.78 is 0.696. The maximum Gasteiger partial charge on any atom is 0.307 e. The van der Waals surface area contributed by atoms with Crippen LogP contribution in [-0.2, 0) is 11.2 Å². The lowest BCUT2D eigenvalue weighted by molar-refractivity contribution is -0.136. The molecule has 0 saturated heterocycles. The molecule has 21 heavy (non-hydrogen) atoms. The lowest BCUT2D eigenvalue weighted by atomic mass is 10.1. The smallest absolute Gasteiger partial charge is 0.307 e. The Morgan fingerprint density at radius 1 is 1.19 bits per heavy atom. The van der Waals surface area contributed by atoms with E-state index in [1.807, 2.05) is 19.1 Å². The lowest BCUT2D eigenvalue weighted by Crippen LogP contribution is -2.15. The summed E-state index contributed by atoms with van der Waals surface area (Å²) in [6.07, 6.45) is -0.133. The van der Waals surface area contributed by atoms with Gasteiger partial charge in [0.15, 0.2) is 0 Å². The highest BCUT2D eigenvalue weighted by Crippen LogP contribution is 2.21. The summed E-state index contributed by atoms with van der Waals surface area (Å²) in [4.78, 5) is 23.2. The molecule has 2 aromatic carbocycles. The van der Waals surface area contributed by atoms with Gasteiger partial charge >= 0.3 is 5.97 Å². The number of carbonyl (C=O) groups is 2. The molecule has 2 rings (SSSR count). The van der Waals surface area contributed by atoms with Gasteiger partial charge in [0, 0.05) is 10.2 Å². The van der Waals surface area contributed by atoms with Crippen LogP contribution >= 0.6 is 15.9 Å². The molecule has 2 aromatic rings. The minimum Gasteiger partial charge on any atom is -0.481 e. The zero-order chi connectivity index (χ0) is 15.4. The van der Waals surface area contributed by atoms with Gasteiger partial charge in [-0.15, -0.1) is 0 Å². The van der Waals surface area contributed by atoms with Crippen molar-refractivity contribution in [3.05, 3.63) is 63.6 Å². The van der Waals surface area contributed by atoms with Gasteiger partial charge in [-0.05, 0) is 46.6 Å². The summed E-state index contributed by atoms with van der Waals surface area (Å²) in [6, 6.07) is 12.4. The molecule has 0 radical (unpaired) electrons. The summed E-state index contributed by atoms with van der Waals surface area (Å²) in [5.74, 6) is -1.21. The third kappa shape index (κ3) is 3.92.